The Morgan fingerprint density at radius 2 is 2.00 bits per heavy atom. The number of aromatic nitrogens is 2. The molecule has 1 aromatic heterocycles. The summed E-state index contributed by atoms with van der Waals surface area (Å²) in [7, 11) is 0. The van der Waals surface area contributed by atoms with E-state index in [0.29, 0.717) is 18.0 Å². The Balaban J connectivity index is 1.85. The highest BCUT2D eigenvalue weighted by Gasteiger charge is 2.14. The topological polar surface area (TPSA) is 81.9 Å². The summed E-state index contributed by atoms with van der Waals surface area (Å²) >= 11 is 0. The van der Waals surface area contributed by atoms with Gasteiger partial charge in [-0.1, -0.05) is 36.4 Å². The molecule has 124 valence electrons. The van der Waals surface area contributed by atoms with Crippen molar-refractivity contribution < 1.29 is 9.84 Å². The number of hydrogen-bond donors (Lipinski definition) is 2. The summed E-state index contributed by atoms with van der Waals surface area (Å²) in [5, 5.41) is 19.7. The number of allylic oxidation sites excluding steroid dienone is 2. The number of H-pyrrole nitrogens is 1. The molecule has 3 aromatic rings. The van der Waals surface area contributed by atoms with Crippen LogP contribution in [0, 0.1) is 11.3 Å². The Morgan fingerprint density at radius 3 is 2.76 bits per heavy atom. The summed E-state index contributed by atoms with van der Waals surface area (Å²) < 4.78 is 5.68. The van der Waals surface area contributed by atoms with Crippen LogP contribution in [0.1, 0.15) is 11.4 Å². The maximum Gasteiger partial charge on any atom is 0.152 e. The van der Waals surface area contributed by atoms with Crippen LogP contribution < -0.4 is 4.74 Å². The first-order valence-corrected chi connectivity index (χ1v) is 7.82. The lowest BCUT2D eigenvalue weighted by Gasteiger charge is -2.10. The van der Waals surface area contributed by atoms with E-state index in [9.17, 15) is 10.4 Å². The number of benzene rings is 2. The van der Waals surface area contributed by atoms with E-state index >= 15 is 0 Å². The number of nitriles is 1. The van der Waals surface area contributed by atoms with E-state index in [0.717, 1.165) is 16.6 Å². The van der Waals surface area contributed by atoms with Gasteiger partial charge in [0.15, 0.2) is 11.6 Å². The molecule has 25 heavy (non-hydrogen) atoms. The lowest BCUT2D eigenvalue weighted by molar-refractivity contribution is 0.271. The summed E-state index contributed by atoms with van der Waals surface area (Å²) in [6, 6.07) is 16.9. The van der Waals surface area contributed by atoms with Crippen molar-refractivity contribution in [3.8, 4) is 11.8 Å². The molecule has 5 heteroatoms. The molecule has 0 saturated carbocycles. The number of hydrogen-bond acceptors (Lipinski definition) is 4. The molecular formula is C20H17N3O2. The standard InChI is InChI=1S/C20H17N3O2/c1-2-7-14-8-3-6-11-19(14)25-13-18(24)15(12-21)20-22-16-9-4-5-10-17(16)23-20/h2-6,8-11,24H,1,7,13H2,(H,22,23). The highest BCUT2D eigenvalue weighted by molar-refractivity contribution is 5.82. The van der Waals surface area contributed by atoms with Crippen molar-refractivity contribution in [2.24, 2.45) is 0 Å². The van der Waals surface area contributed by atoms with Crippen LogP contribution in [0.2, 0.25) is 0 Å². The van der Waals surface area contributed by atoms with Crippen molar-refractivity contribution >= 4 is 16.6 Å². The van der Waals surface area contributed by atoms with Crippen LogP contribution in [0.4, 0.5) is 0 Å². The Hall–Kier alpha value is -3.52. The maximum absolute atomic E-state index is 10.3. The highest BCUT2D eigenvalue weighted by Crippen LogP contribution is 2.22. The van der Waals surface area contributed by atoms with E-state index in [1.807, 2.05) is 54.6 Å². The van der Waals surface area contributed by atoms with E-state index < -0.39 is 0 Å². The fraction of sp³-hybridized carbons (Fsp3) is 0.100. The minimum absolute atomic E-state index is 0.0670. The van der Waals surface area contributed by atoms with E-state index in [2.05, 4.69) is 16.5 Å². The first-order chi connectivity index (χ1) is 12.2. The number of aromatic amines is 1. The summed E-state index contributed by atoms with van der Waals surface area (Å²) in [4.78, 5) is 7.38. The minimum Gasteiger partial charge on any atom is -0.507 e. The molecule has 0 spiro atoms. The molecule has 3 rings (SSSR count). The molecule has 5 nitrogen and oxygen atoms in total. The molecule has 0 unspecified atom stereocenters. The van der Waals surface area contributed by atoms with Gasteiger partial charge < -0.3 is 14.8 Å². The van der Waals surface area contributed by atoms with Gasteiger partial charge in [0, 0.05) is 0 Å². The van der Waals surface area contributed by atoms with Crippen molar-refractivity contribution in [3.05, 3.63) is 78.3 Å². The largest absolute Gasteiger partial charge is 0.507 e. The lowest BCUT2D eigenvalue weighted by Crippen LogP contribution is -2.05. The van der Waals surface area contributed by atoms with Gasteiger partial charge in [-0.25, -0.2) is 4.98 Å². The number of fused-ring (bicyclic) bond motifs is 1. The second-order valence-electron chi connectivity index (χ2n) is 5.43. The van der Waals surface area contributed by atoms with Crippen LogP contribution >= 0.6 is 0 Å². The Kier molecular flexibility index (Phi) is 4.82. The van der Waals surface area contributed by atoms with Crippen LogP contribution in [0.25, 0.3) is 16.6 Å². The van der Waals surface area contributed by atoms with Crippen LogP contribution in [0.15, 0.2) is 66.9 Å². The second-order valence-corrected chi connectivity index (χ2v) is 5.43. The fourth-order valence-electron chi connectivity index (χ4n) is 2.51. The monoisotopic (exact) mass is 331 g/mol. The average molecular weight is 331 g/mol. The van der Waals surface area contributed by atoms with Crippen molar-refractivity contribution in [2.75, 3.05) is 6.61 Å². The van der Waals surface area contributed by atoms with Crippen LogP contribution in [0.5, 0.6) is 5.75 Å². The van der Waals surface area contributed by atoms with Crippen molar-refractivity contribution in [2.45, 2.75) is 6.42 Å². The molecule has 0 aliphatic carbocycles. The third-order valence-corrected chi connectivity index (χ3v) is 3.73. The number of para-hydroxylation sites is 3. The van der Waals surface area contributed by atoms with Gasteiger partial charge in [-0.15, -0.1) is 6.58 Å². The number of nitrogens with zero attached hydrogens (tertiary/aromatic N) is 2. The molecule has 1 heterocycles. The predicted octanol–water partition coefficient (Wildman–Crippen LogP) is 4.16. The number of ether oxygens (including phenoxy) is 1. The molecule has 2 N–H and O–H groups in total. The van der Waals surface area contributed by atoms with Gasteiger partial charge in [0.2, 0.25) is 0 Å². The highest BCUT2D eigenvalue weighted by atomic mass is 16.5. The Morgan fingerprint density at radius 1 is 1.24 bits per heavy atom. The molecule has 0 aliphatic rings. The zero-order valence-electron chi connectivity index (χ0n) is 13.6. The number of aliphatic hydroxyl groups is 1. The summed E-state index contributed by atoms with van der Waals surface area (Å²) in [5.41, 5.74) is 2.57. The number of nitrogens with one attached hydrogen (secondary N) is 1. The molecular weight excluding hydrogens is 314 g/mol. The third-order valence-electron chi connectivity index (χ3n) is 3.73. The molecule has 0 bridgehead atoms. The van der Waals surface area contributed by atoms with Crippen LogP contribution in [-0.2, 0) is 6.42 Å². The Bertz CT molecular complexity index is 947. The Labute approximate surface area is 145 Å². The number of rotatable bonds is 6. The predicted molar refractivity (Wildman–Crippen MR) is 97.1 cm³/mol. The lowest BCUT2D eigenvalue weighted by atomic mass is 10.1. The number of imidazole rings is 1. The molecule has 0 aliphatic heterocycles. The van der Waals surface area contributed by atoms with Crippen LogP contribution in [-0.4, -0.2) is 21.7 Å². The van der Waals surface area contributed by atoms with Gasteiger partial charge in [0.25, 0.3) is 0 Å². The smallest absolute Gasteiger partial charge is 0.152 e. The zero-order chi connectivity index (χ0) is 17.6. The van der Waals surface area contributed by atoms with Crippen molar-refractivity contribution in [1.82, 2.24) is 9.97 Å². The quantitative estimate of drug-likeness (QED) is 0.403. The van der Waals surface area contributed by atoms with E-state index in [-0.39, 0.29) is 17.9 Å². The van der Waals surface area contributed by atoms with E-state index in [1.165, 1.54) is 0 Å². The van der Waals surface area contributed by atoms with Crippen molar-refractivity contribution in [1.29, 1.82) is 5.26 Å². The fourth-order valence-corrected chi connectivity index (χ4v) is 2.51. The normalized spacial score (nSPS) is 11.6. The first kappa shape index (κ1) is 16.3. The zero-order valence-corrected chi connectivity index (χ0v) is 13.6. The summed E-state index contributed by atoms with van der Waals surface area (Å²) in [5.74, 6) is 0.801. The maximum atomic E-state index is 10.3. The summed E-state index contributed by atoms with van der Waals surface area (Å²) in [6.45, 7) is 3.61. The SMILES string of the molecule is C=CCc1ccccc1OCC(O)=C(C#N)c1nc2ccccc2[nH]1. The van der Waals surface area contributed by atoms with Crippen LogP contribution in [0.3, 0.4) is 0 Å². The van der Waals surface area contributed by atoms with E-state index in [4.69, 9.17) is 4.74 Å². The van der Waals surface area contributed by atoms with Crippen molar-refractivity contribution in [3.63, 3.8) is 0 Å². The number of aliphatic hydroxyl groups excluding tert-OH is 1. The van der Waals surface area contributed by atoms with Gasteiger partial charge in [0.1, 0.15) is 24.0 Å². The third kappa shape index (κ3) is 3.54. The molecule has 0 radical (unpaired) electrons. The van der Waals surface area contributed by atoms with Gasteiger partial charge in [-0.05, 0) is 30.2 Å². The molecule has 0 amide bonds. The van der Waals surface area contributed by atoms with Gasteiger partial charge in [-0.2, -0.15) is 5.26 Å². The average Bonchev–Trinajstić information content (AvgIpc) is 3.05. The molecule has 2 aromatic carbocycles. The molecule has 0 atom stereocenters. The molecule has 0 fully saturated rings. The van der Waals surface area contributed by atoms with E-state index in [1.54, 1.807) is 6.08 Å². The van der Waals surface area contributed by atoms with Gasteiger partial charge in [0.05, 0.1) is 11.0 Å². The molecule has 0 saturated heterocycles. The second kappa shape index (κ2) is 7.37. The first-order valence-electron chi connectivity index (χ1n) is 7.82. The summed E-state index contributed by atoms with van der Waals surface area (Å²) in [6.07, 6.45) is 2.45. The minimum atomic E-state index is -0.171. The van der Waals surface area contributed by atoms with Gasteiger partial charge >= 0.3 is 0 Å². The van der Waals surface area contributed by atoms with Gasteiger partial charge in [-0.3, -0.25) is 0 Å².